The average Bonchev–Trinajstić information content (AvgIpc) is 2.47. The Bertz CT molecular complexity index is 708. The van der Waals surface area contributed by atoms with Crippen LogP contribution >= 0.6 is 15.9 Å². The Morgan fingerprint density at radius 2 is 2.09 bits per heavy atom. The quantitative estimate of drug-likeness (QED) is 0.643. The predicted molar refractivity (Wildman–Crippen MR) is 82.4 cm³/mol. The number of rotatable bonds is 5. The second kappa shape index (κ2) is 7.65. The summed E-state index contributed by atoms with van der Waals surface area (Å²) in [6.45, 7) is 0.189. The number of nitrogens with zero attached hydrogens (tertiary/aromatic N) is 1. The van der Waals surface area contributed by atoms with E-state index in [1.807, 2.05) is 24.3 Å². The van der Waals surface area contributed by atoms with Crippen LogP contribution in [-0.2, 0) is 16.2 Å². The lowest BCUT2D eigenvalue weighted by Crippen LogP contribution is -2.14. The number of oxime groups is 1. The third-order valence-corrected chi connectivity index (χ3v) is 3.05. The van der Waals surface area contributed by atoms with Gasteiger partial charge in [0.05, 0.1) is 5.69 Å². The van der Waals surface area contributed by atoms with Gasteiger partial charge in [0.15, 0.2) is 0 Å². The van der Waals surface area contributed by atoms with Crippen LogP contribution in [0, 0.1) is 11.6 Å². The molecule has 7 heteroatoms. The minimum atomic E-state index is -0.864. The minimum Gasteiger partial charge on any atom is -0.391 e. The Labute approximate surface area is 133 Å². The van der Waals surface area contributed by atoms with Gasteiger partial charge in [0.2, 0.25) is 0 Å². The molecule has 0 saturated heterocycles. The topological polar surface area (TPSA) is 50.7 Å². The highest BCUT2D eigenvalue weighted by atomic mass is 79.9. The van der Waals surface area contributed by atoms with Gasteiger partial charge < -0.3 is 10.2 Å². The van der Waals surface area contributed by atoms with E-state index in [-0.39, 0.29) is 12.3 Å². The van der Waals surface area contributed by atoms with Crippen molar-refractivity contribution in [3.63, 3.8) is 0 Å². The van der Waals surface area contributed by atoms with E-state index in [9.17, 15) is 13.6 Å². The van der Waals surface area contributed by atoms with Crippen LogP contribution in [0.1, 0.15) is 5.56 Å². The molecule has 0 fully saturated rings. The predicted octanol–water partition coefficient (Wildman–Crippen LogP) is 3.87. The molecule has 2 rings (SSSR count). The van der Waals surface area contributed by atoms with Gasteiger partial charge >= 0.3 is 0 Å². The smallest absolute Gasteiger partial charge is 0.270 e. The number of amides is 1. The molecule has 0 atom stereocenters. The lowest BCUT2D eigenvalue weighted by atomic mass is 10.2. The highest BCUT2D eigenvalue weighted by Gasteiger charge is 2.06. The Morgan fingerprint density at radius 1 is 1.27 bits per heavy atom. The molecule has 0 aliphatic rings. The molecular formula is C15H11BrF2N2O2. The van der Waals surface area contributed by atoms with Crippen LogP contribution in [0.2, 0.25) is 0 Å². The molecule has 0 saturated carbocycles. The molecule has 22 heavy (non-hydrogen) atoms. The highest BCUT2D eigenvalue weighted by molar-refractivity contribution is 9.10. The summed E-state index contributed by atoms with van der Waals surface area (Å²) in [6.07, 6.45) is 0.876. The van der Waals surface area contributed by atoms with E-state index in [0.29, 0.717) is 6.07 Å². The van der Waals surface area contributed by atoms with Crippen LogP contribution in [0.15, 0.2) is 52.1 Å². The van der Waals surface area contributed by atoms with E-state index in [0.717, 1.165) is 28.4 Å². The lowest BCUT2D eigenvalue weighted by Gasteiger charge is -2.03. The summed E-state index contributed by atoms with van der Waals surface area (Å²) in [7, 11) is 0. The van der Waals surface area contributed by atoms with Crippen molar-refractivity contribution >= 4 is 33.7 Å². The molecule has 114 valence electrons. The van der Waals surface area contributed by atoms with Gasteiger partial charge in [-0.2, -0.15) is 0 Å². The van der Waals surface area contributed by atoms with Crippen LogP contribution in [0.5, 0.6) is 0 Å². The average molecular weight is 369 g/mol. The van der Waals surface area contributed by atoms with Gasteiger partial charge in [-0.15, -0.1) is 0 Å². The van der Waals surface area contributed by atoms with Gasteiger partial charge in [-0.05, 0) is 29.8 Å². The van der Waals surface area contributed by atoms with Crippen molar-refractivity contribution < 1.29 is 18.4 Å². The number of nitrogens with one attached hydrogen (secondary N) is 1. The number of hydrogen-bond acceptors (Lipinski definition) is 3. The lowest BCUT2D eigenvalue weighted by molar-refractivity contribution is -0.110. The van der Waals surface area contributed by atoms with Crippen molar-refractivity contribution in [2.75, 3.05) is 5.32 Å². The first kappa shape index (κ1) is 16.1. The minimum absolute atomic E-state index is 0.134. The molecule has 0 aliphatic heterocycles. The standard InChI is InChI=1S/C15H11BrF2N2O2/c16-11-3-1-2-10(6-11)9-22-19-8-15(21)20-14-5-4-12(17)7-13(14)18/h1-8H,9H2,(H,20,21). The molecule has 0 spiro atoms. The Morgan fingerprint density at radius 3 is 2.82 bits per heavy atom. The summed E-state index contributed by atoms with van der Waals surface area (Å²) >= 11 is 3.32. The number of hydrogen-bond donors (Lipinski definition) is 1. The first-order chi connectivity index (χ1) is 10.5. The number of carbonyl (C=O) groups excluding carboxylic acids is 1. The fourth-order valence-electron chi connectivity index (χ4n) is 1.58. The van der Waals surface area contributed by atoms with Crippen molar-refractivity contribution in [3.8, 4) is 0 Å². The van der Waals surface area contributed by atoms with Gasteiger partial charge in [0.25, 0.3) is 5.91 Å². The van der Waals surface area contributed by atoms with Crippen molar-refractivity contribution in [2.45, 2.75) is 6.61 Å². The van der Waals surface area contributed by atoms with Gasteiger partial charge in [-0.1, -0.05) is 33.2 Å². The molecule has 0 heterocycles. The third kappa shape index (κ3) is 4.92. The van der Waals surface area contributed by atoms with E-state index in [2.05, 4.69) is 26.4 Å². The molecule has 1 N–H and O–H groups in total. The van der Waals surface area contributed by atoms with Gasteiger partial charge in [0, 0.05) is 10.5 Å². The van der Waals surface area contributed by atoms with Crippen LogP contribution in [-0.4, -0.2) is 12.1 Å². The Hall–Kier alpha value is -2.28. The van der Waals surface area contributed by atoms with Gasteiger partial charge in [0.1, 0.15) is 24.5 Å². The molecule has 2 aromatic carbocycles. The van der Waals surface area contributed by atoms with Crippen molar-refractivity contribution in [1.82, 2.24) is 0 Å². The van der Waals surface area contributed by atoms with E-state index >= 15 is 0 Å². The second-order valence-corrected chi connectivity index (χ2v) is 5.17. The molecule has 0 unspecified atom stereocenters. The van der Waals surface area contributed by atoms with E-state index < -0.39 is 17.5 Å². The summed E-state index contributed by atoms with van der Waals surface area (Å²) in [5, 5.41) is 5.72. The molecule has 1 amide bonds. The molecule has 0 radical (unpaired) electrons. The largest absolute Gasteiger partial charge is 0.391 e. The van der Waals surface area contributed by atoms with E-state index in [1.54, 1.807) is 0 Å². The fraction of sp³-hybridized carbons (Fsp3) is 0.0667. The molecule has 0 aliphatic carbocycles. The fourth-order valence-corrected chi connectivity index (χ4v) is 2.03. The maximum atomic E-state index is 13.3. The Kier molecular flexibility index (Phi) is 5.60. The van der Waals surface area contributed by atoms with Crippen molar-refractivity contribution in [1.29, 1.82) is 0 Å². The second-order valence-electron chi connectivity index (χ2n) is 4.25. The normalized spacial score (nSPS) is 10.7. The van der Waals surface area contributed by atoms with Crippen LogP contribution in [0.4, 0.5) is 14.5 Å². The molecule has 4 nitrogen and oxygen atoms in total. The number of carbonyl (C=O) groups is 1. The zero-order chi connectivity index (χ0) is 15.9. The summed E-state index contributed by atoms with van der Waals surface area (Å²) in [6, 6.07) is 10.3. The van der Waals surface area contributed by atoms with E-state index in [4.69, 9.17) is 4.84 Å². The zero-order valence-electron chi connectivity index (χ0n) is 11.2. The summed E-state index contributed by atoms with van der Waals surface area (Å²) < 4.78 is 26.9. The van der Waals surface area contributed by atoms with Gasteiger partial charge in [-0.3, -0.25) is 4.79 Å². The number of benzene rings is 2. The van der Waals surface area contributed by atoms with Crippen LogP contribution in [0.3, 0.4) is 0 Å². The number of anilines is 1. The summed E-state index contributed by atoms with van der Waals surface area (Å²) in [5.41, 5.74) is 0.737. The van der Waals surface area contributed by atoms with Crippen LogP contribution < -0.4 is 5.32 Å². The first-order valence-corrected chi connectivity index (χ1v) is 7.00. The zero-order valence-corrected chi connectivity index (χ0v) is 12.8. The van der Waals surface area contributed by atoms with E-state index in [1.165, 1.54) is 0 Å². The number of halogens is 3. The molecule has 0 bridgehead atoms. The maximum absolute atomic E-state index is 13.3. The maximum Gasteiger partial charge on any atom is 0.270 e. The molecular weight excluding hydrogens is 358 g/mol. The summed E-state index contributed by atoms with van der Waals surface area (Å²) in [5.74, 6) is -2.27. The van der Waals surface area contributed by atoms with Crippen molar-refractivity contribution in [2.24, 2.45) is 5.16 Å². The van der Waals surface area contributed by atoms with Crippen molar-refractivity contribution in [3.05, 3.63) is 64.1 Å². The third-order valence-electron chi connectivity index (χ3n) is 2.55. The molecule has 0 aromatic heterocycles. The Balaban J connectivity index is 1.84. The monoisotopic (exact) mass is 368 g/mol. The summed E-state index contributed by atoms with van der Waals surface area (Å²) in [4.78, 5) is 16.5. The highest BCUT2D eigenvalue weighted by Crippen LogP contribution is 2.14. The SMILES string of the molecule is O=C(C=NOCc1cccc(Br)c1)Nc1ccc(F)cc1F. The first-order valence-electron chi connectivity index (χ1n) is 6.20. The van der Waals surface area contributed by atoms with Crippen LogP contribution in [0.25, 0.3) is 0 Å². The van der Waals surface area contributed by atoms with Gasteiger partial charge in [-0.25, -0.2) is 8.78 Å². The molecule has 2 aromatic rings.